The van der Waals surface area contributed by atoms with Crippen LogP contribution in [0.1, 0.15) is 29.8 Å². The highest BCUT2D eigenvalue weighted by Crippen LogP contribution is 2.17. The molecule has 3 aromatic carbocycles. The Bertz CT molecular complexity index is 1090. The molecular formula is C24H26N2O4S. The molecule has 0 aliphatic heterocycles. The van der Waals surface area contributed by atoms with Crippen molar-refractivity contribution >= 4 is 21.6 Å². The summed E-state index contributed by atoms with van der Waals surface area (Å²) in [6.45, 7) is 4.45. The minimum absolute atomic E-state index is 0.130. The fourth-order valence-corrected chi connectivity index (χ4v) is 4.01. The SMILES string of the molecule is CC(C)Oc1ccc(CCNC(=O)c2ccc(NS(=O)(=O)c3ccccc3)cc2)cc1. The molecule has 0 radical (unpaired) electrons. The first-order valence-electron chi connectivity index (χ1n) is 10.1. The molecular weight excluding hydrogens is 412 g/mol. The van der Waals surface area contributed by atoms with Crippen LogP contribution in [0, 0.1) is 0 Å². The van der Waals surface area contributed by atoms with Gasteiger partial charge in [0.05, 0.1) is 11.0 Å². The number of anilines is 1. The zero-order valence-electron chi connectivity index (χ0n) is 17.5. The van der Waals surface area contributed by atoms with E-state index in [1.54, 1.807) is 42.5 Å². The van der Waals surface area contributed by atoms with Gasteiger partial charge < -0.3 is 10.1 Å². The largest absolute Gasteiger partial charge is 0.491 e. The smallest absolute Gasteiger partial charge is 0.261 e. The molecule has 0 bridgehead atoms. The van der Waals surface area contributed by atoms with Gasteiger partial charge in [-0.1, -0.05) is 30.3 Å². The number of ether oxygens (including phenoxy) is 1. The maximum atomic E-state index is 12.4. The summed E-state index contributed by atoms with van der Waals surface area (Å²) < 4.78 is 32.9. The highest BCUT2D eigenvalue weighted by molar-refractivity contribution is 7.92. The Morgan fingerprint density at radius 3 is 2.16 bits per heavy atom. The summed E-state index contributed by atoms with van der Waals surface area (Å²) in [5.41, 5.74) is 1.95. The normalized spacial score (nSPS) is 11.2. The molecule has 0 spiro atoms. The van der Waals surface area contributed by atoms with Crippen LogP contribution in [-0.4, -0.2) is 27.0 Å². The number of benzene rings is 3. The summed E-state index contributed by atoms with van der Waals surface area (Å²) in [5, 5.41) is 2.88. The lowest BCUT2D eigenvalue weighted by Gasteiger charge is -2.11. The minimum atomic E-state index is -3.66. The number of carbonyl (C=O) groups is 1. The molecule has 7 heteroatoms. The quantitative estimate of drug-likeness (QED) is 0.523. The molecule has 0 unspecified atom stereocenters. The summed E-state index contributed by atoms with van der Waals surface area (Å²) in [4.78, 5) is 12.5. The predicted octanol–water partition coefficient (Wildman–Crippen LogP) is 4.25. The van der Waals surface area contributed by atoms with Crippen LogP contribution in [0.15, 0.2) is 83.8 Å². The molecule has 0 fully saturated rings. The maximum Gasteiger partial charge on any atom is 0.261 e. The summed E-state index contributed by atoms with van der Waals surface area (Å²) in [6, 6.07) is 22.3. The van der Waals surface area contributed by atoms with Gasteiger partial charge in [-0.15, -0.1) is 0 Å². The Hall–Kier alpha value is -3.32. The van der Waals surface area contributed by atoms with Gasteiger partial charge in [-0.3, -0.25) is 9.52 Å². The third-order valence-corrected chi connectivity index (χ3v) is 5.84. The van der Waals surface area contributed by atoms with E-state index in [1.165, 1.54) is 12.1 Å². The van der Waals surface area contributed by atoms with Crippen molar-refractivity contribution in [2.24, 2.45) is 0 Å². The van der Waals surface area contributed by atoms with Crippen molar-refractivity contribution in [2.45, 2.75) is 31.3 Å². The second-order valence-electron chi connectivity index (χ2n) is 7.31. The van der Waals surface area contributed by atoms with Gasteiger partial charge in [-0.25, -0.2) is 8.42 Å². The van der Waals surface area contributed by atoms with Crippen LogP contribution < -0.4 is 14.8 Å². The average Bonchev–Trinajstić information content (AvgIpc) is 2.75. The monoisotopic (exact) mass is 438 g/mol. The molecule has 31 heavy (non-hydrogen) atoms. The van der Waals surface area contributed by atoms with Crippen LogP contribution in [0.3, 0.4) is 0 Å². The minimum Gasteiger partial charge on any atom is -0.491 e. The van der Waals surface area contributed by atoms with E-state index in [9.17, 15) is 13.2 Å². The van der Waals surface area contributed by atoms with Crippen LogP contribution in [0.25, 0.3) is 0 Å². The molecule has 0 aliphatic carbocycles. The molecule has 162 valence electrons. The standard InChI is InChI=1S/C24H26N2O4S/c1-18(2)30-22-14-8-19(9-15-22)16-17-25-24(27)20-10-12-21(13-11-20)26-31(28,29)23-6-4-3-5-7-23/h3-15,18,26H,16-17H2,1-2H3,(H,25,27). The van der Waals surface area contributed by atoms with Crippen LogP contribution >= 0.6 is 0 Å². The van der Waals surface area contributed by atoms with Gasteiger partial charge in [0.15, 0.2) is 0 Å². The Morgan fingerprint density at radius 1 is 0.903 bits per heavy atom. The van der Waals surface area contributed by atoms with E-state index in [2.05, 4.69) is 10.0 Å². The average molecular weight is 439 g/mol. The molecule has 3 aromatic rings. The lowest BCUT2D eigenvalue weighted by molar-refractivity contribution is 0.0954. The number of hydrogen-bond donors (Lipinski definition) is 2. The highest BCUT2D eigenvalue weighted by atomic mass is 32.2. The van der Waals surface area contributed by atoms with Crippen LogP contribution in [0.4, 0.5) is 5.69 Å². The van der Waals surface area contributed by atoms with Crippen molar-refractivity contribution in [1.29, 1.82) is 0 Å². The first kappa shape index (κ1) is 22.4. The Kier molecular flexibility index (Phi) is 7.31. The summed E-state index contributed by atoms with van der Waals surface area (Å²) >= 11 is 0. The van der Waals surface area contributed by atoms with E-state index >= 15 is 0 Å². The number of sulfonamides is 1. The molecule has 6 nitrogen and oxygen atoms in total. The second kappa shape index (κ2) is 10.1. The van der Waals surface area contributed by atoms with Crippen molar-refractivity contribution < 1.29 is 17.9 Å². The van der Waals surface area contributed by atoms with E-state index in [0.29, 0.717) is 24.2 Å². The van der Waals surface area contributed by atoms with E-state index in [-0.39, 0.29) is 16.9 Å². The fourth-order valence-electron chi connectivity index (χ4n) is 2.93. The molecule has 1 amide bonds. The topological polar surface area (TPSA) is 84.5 Å². The molecule has 0 aliphatic rings. The number of amides is 1. The number of rotatable bonds is 9. The molecule has 0 saturated heterocycles. The molecule has 0 saturated carbocycles. The van der Waals surface area contributed by atoms with Gasteiger partial charge in [-0.2, -0.15) is 0 Å². The van der Waals surface area contributed by atoms with Crippen LogP contribution in [0.5, 0.6) is 5.75 Å². The predicted molar refractivity (Wildman–Crippen MR) is 122 cm³/mol. The highest BCUT2D eigenvalue weighted by Gasteiger charge is 2.14. The van der Waals surface area contributed by atoms with Crippen LogP contribution in [0.2, 0.25) is 0 Å². The molecule has 0 heterocycles. The van der Waals surface area contributed by atoms with Crippen molar-refractivity contribution in [3.05, 3.63) is 90.0 Å². The maximum absolute atomic E-state index is 12.4. The lowest BCUT2D eigenvalue weighted by atomic mass is 10.1. The van der Waals surface area contributed by atoms with Crippen molar-refractivity contribution in [3.8, 4) is 5.75 Å². The molecule has 3 rings (SSSR count). The Labute approximate surface area is 183 Å². The zero-order valence-corrected chi connectivity index (χ0v) is 18.4. The van der Waals surface area contributed by atoms with Crippen molar-refractivity contribution in [2.75, 3.05) is 11.3 Å². The Balaban J connectivity index is 1.51. The number of hydrogen-bond acceptors (Lipinski definition) is 4. The number of nitrogens with one attached hydrogen (secondary N) is 2. The fraction of sp³-hybridized carbons (Fsp3) is 0.208. The van der Waals surface area contributed by atoms with Gasteiger partial charge in [0.1, 0.15) is 5.75 Å². The van der Waals surface area contributed by atoms with Gasteiger partial charge in [0.2, 0.25) is 0 Å². The van der Waals surface area contributed by atoms with Crippen molar-refractivity contribution in [1.82, 2.24) is 5.32 Å². The van der Waals surface area contributed by atoms with Gasteiger partial charge in [0.25, 0.3) is 15.9 Å². The van der Waals surface area contributed by atoms with Gasteiger partial charge >= 0.3 is 0 Å². The van der Waals surface area contributed by atoms with E-state index < -0.39 is 10.0 Å². The van der Waals surface area contributed by atoms with E-state index in [4.69, 9.17) is 4.74 Å². The Morgan fingerprint density at radius 2 is 1.55 bits per heavy atom. The second-order valence-corrected chi connectivity index (χ2v) is 8.99. The third kappa shape index (κ3) is 6.58. The molecule has 2 N–H and O–H groups in total. The zero-order chi connectivity index (χ0) is 22.3. The summed E-state index contributed by atoms with van der Waals surface area (Å²) in [5.74, 6) is 0.614. The third-order valence-electron chi connectivity index (χ3n) is 4.45. The summed E-state index contributed by atoms with van der Waals surface area (Å²) in [6.07, 6.45) is 0.827. The first-order valence-corrected chi connectivity index (χ1v) is 11.5. The van der Waals surface area contributed by atoms with Crippen LogP contribution in [-0.2, 0) is 16.4 Å². The summed E-state index contributed by atoms with van der Waals surface area (Å²) in [7, 11) is -3.66. The van der Waals surface area contributed by atoms with E-state index in [1.807, 2.05) is 38.1 Å². The number of carbonyl (C=O) groups excluding carboxylic acids is 1. The lowest BCUT2D eigenvalue weighted by Crippen LogP contribution is -2.25. The first-order chi connectivity index (χ1) is 14.8. The van der Waals surface area contributed by atoms with Crippen molar-refractivity contribution in [3.63, 3.8) is 0 Å². The molecule has 0 atom stereocenters. The molecule has 0 aromatic heterocycles. The van der Waals surface area contributed by atoms with Gasteiger partial charge in [-0.05, 0) is 74.4 Å². The van der Waals surface area contributed by atoms with E-state index in [0.717, 1.165) is 11.3 Å². The van der Waals surface area contributed by atoms with Gasteiger partial charge in [0, 0.05) is 17.8 Å².